The van der Waals surface area contributed by atoms with Gasteiger partial charge < -0.3 is 10.3 Å². The third-order valence-corrected chi connectivity index (χ3v) is 2.09. The fourth-order valence-electron chi connectivity index (χ4n) is 1.26. The molecule has 0 radical (unpaired) electrons. The normalized spacial score (nSPS) is 10.1. The summed E-state index contributed by atoms with van der Waals surface area (Å²) in [6, 6.07) is 3.91. The van der Waals surface area contributed by atoms with Crippen molar-refractivity contribution < 1.29 is 13.6 Å². The van der Waals surface area contributed by atoms with Crippen LogP contribution in [-0.4, -0.2) is 15.9 Å². The molecule has 0 aliphatic carbocycles. The number of rotatable bonds is 2. The molecule has 0 spiro atoms. The molecule has 18 heavy (non-hydrogen) atoms. The fraction of sp³-hybridized carbons (Fsp3) is 0. The Morgan fingerprint density at radius 3 is 2.67 bits per heavy atom. The lowest BCUT2D eigenvalue weighted by Gasteiger charge is -2.04. The van der Waals surface area contributed by atoms with Crippen LogP contribution < -0.4 is 10.9 Å². The zero-order valence-corrected chi connectivity index (χ0v) is 8.91. The van der Waals surface area contributed by atoms with Crippen LogP contribution in [0.3, 0.4) is 0 Å². The third-order valence-electron chi connectivity index (χ3n) is 2.09. The zero-order valence-electron chi connectivity index (χ0n) is 8.91. The molecule has 0 fully saturated rings. The number of hydrogen-bond acceptors (Lipinski definition) is 3. The molecule has 0 saturated carbocycles. The average molecular weight is 251 g/mol. The number of halogens is 2. The van der Waals surface area contributed by atoms with Gasteiger partial charge in [0.25, 0.3) is 11.5 Å². The van der Waals surface area contributed by atoms with E-state index in [0.717, 1.165) is 24.5 Å². The van der Waals surface area contributed by atoms with Gasteiger partial charge in [0.05, 0.1) is 6.33 Å². The first-order chi connectivity index (χ1) is 8.56. The number of anilines is 1. The molecule has 1 aromatic heterocycles. The highest BCUT2D eigenvalue weighted by Gasteiger charge is 2.09. The smallest absolute Gasteiger partial charge is 0.274 e. The minimum Gasteiger partial charge on any atom is -0.321 e. The minimum absolute atomic E-state index is 0.0704. The second kappa shape index (κ2) is 4.74. The molecule has 1 aromatic carbocycles. The molecule has 5 nitrogen and oxygen atoms in total. The van der Waals surface area contributed by atoms with E-state index in [9.17, 15) is 18.4 Å². The van der Waals surface area contributed by atoms with E-state index in [1.165, 1.54) is 6.07 Å². The van der Waals surface area contributed by atoms with Crippen molar-refractivity contribution in [3.63, 3.8) is 0 Å². The molecule has 1 amide bonds. The summed E-state index contributed by atoms with van der Waals surface area (Å²) in [4.78, 5) is 28.5. The van der Waals surface area contributed by atoms with Crippen molar-refractivity contribution in [1.82, 2.24) is 9.97 Å². The van der Waals surface area contributed by atoms with Crippen molar-refractivity contribution in [2.45, 2.75) is 0 Å². The molecule has 0 aliphatic heterocycles. The summed E-state index contributed by atoms with van der Waals surface area (Å²) in [5.74, 6) is -2.78. The number of benzene rings is 1. The average Bonchev–Trinajstić information content (AvgIpc) is 2.34. The Morgan fingerprint density at radius 1 is 1.22 bits per heavy atom. The summed E-state index contributed by atoms with van der Waals surface area (Å²) in [7, 11) is 0. The molecule has 2 N–H and O–H groups in total. The Kier molecular flexibility index (Phi) is 3.13. The summed E-state index contributed by atoms with van der Waals surface area (Å²) >= 11 is 0. The number of hydrogen-bond donors (Lipinski definition) is 2. The third kappa shape index (κ3) is 2.57. The monoisotopic (exact) mass is 251 g/mol. The molecule has 0 bridgehead atoms. The van der Waals surface area contributed by atoms with E-state index in [-0.39, 0.29) is 11.4 Å². The van der Waals surface area contributed by atoms with Crippen LogP contribution in [0.5, 0.6) is 0 Å². The van der Waals surface area contributed by atoms with Crippen LogP contribution in [0.4, 0.5) is 14.5 Å². The van der Waals surface area contributed by atoms with Gasteiger partial charge >= 0.3 is 0 Å². The van der Waals surface area contributed by atoms with Crippen molar-refractivity contribution in [3.05, 3.63) is 58.3 Å². The van der Waals surface area contributed by atoms with Gasteiger partial charge in [-0.1, -0.05) is 0 Å². The molecule has 7 heteroatoms. The Labute approximate surface area is 99.5 Å². The van der Waals surface area contributed by atoms with Gasteiger partial charge in [-0.3, -0.25) is 9.59 Å². The summed E-state index contributed by atoms with van der Waals surface area (Å²) in [5.41, 5.74) is -0.537. The molecule has 0 unspecified atom stereocenters. The SMILES string of the molecule is O=C(Nc1ccc(F)c(F)c1)c1cc(=O)[nH]cn1. The molecule has 0 saturated heterocycles. The maximum Gasteiger partial charge on any atom is 0.274 e. The quantitative estimate of drug-likeness (QED) is 0.844. The first kappa shape index (κ1) is 11.9. The largest absolute Gasteiger partial charge is 0.321 e. The molecule has 1 heterocycles. The van der Waals surface area contributed by atoms with Crippen LogP contribution in [0.2, 0.25) is 0 Å². The van der Waals surface area contributed by atoms with E-state index in [2.05, 4.69) is 15.3 Å². The summed E-state index contributed by atoms with van der Waals surface area (Å²) < 4.78 is 25.6. The fourth-order valence-corrected chi connectivity index (χ4v) is 1.26. The van der Waals surface area contributed by atoms with Crippen molar-refractivity contribution in [2.75, 3.05) is 5.32 Å². The second-order valence-electron chi connectivity index (χ2n) is 3.38. The van der Waals surface area contributed by atoms with Crippen LogP contribution in [0.15, 0.2) is 35.4 Å². The predicted octanol–water partition coefficient (Wildman–Crippen LogP) is 1.30. The van der Waals surface area contributed by atoms with Gasteiger partial charge in [-0.15, -0.1) is 0 Å². The van der Waals surface area contributed by atoms with E-state index < -0.39 is 23.1 Å². The molecular weight excluding hydrogens is 244 g/mol. The first-order valence-corrected chi connectivity index (χ1v) is 4.87. The van der Waals surface area contributed by atoms with Gasteiger partial charge in [-0.2, -0.15) is 0 Å². The van der Waals surface area contributed by atoms with Crippen molar-refractivity contribution in [1.29, 1.82) is 0 Å². The van der Waals surface area contributed by atoms with E-state index in [1.807, 2.05) is 0 Å². The Bertz CT molecular complexity index is 655. The van der Waals surface area contributed by atoms with Gasteiger partial charge in [0.1, 0.15) is 5.69 Å². The number of H-pyrrole nitrogens is 1. The molecule has 2 aromatic rings. The lowest BCUT2D eigenvalue weighted by molar-refractivity contribution is 0.102. The first-order valence-electron chi connectivity index (χ1n) is 4.87. The van der Waals surface area contributed by atoms with Crippen molar-refractivity contribution in [2.24, 2.45) is 0 Å². The molecule has 2 rings (SSSR count). The lowest BCUT2D eigenvalue weighted by atomic mass is 10.3. The number of aromatic amines is 1. The van der Waals surface area contributed by atoms with Crippen LogP contribution in [0, 0.1) is 11.6 Å². The molecule has 0 aliphatic rings. The molecule has 0 atom stereocenters. The number of carbonyl (C=O) groups is 1. The van der Waals surface area contributed by atoms with Crippen LogP contribution in [0.1, 0.15) is 10.5 Å². The predicted molar refractivity (Wildman–Crippen MR) is 59.2 cm³/mol. The Balaban J connectivity index is 2.21. The van der Waals surface area contributed by atoms with Crippen molar-refractivity contribution >= 4 is 11.6 Å². The highest BCUT2D eigenvalue weighted by molar-refractivity contribution is 6.02. The highest BCUT2D eigenvalue weighted by atomic mass is 19.2. The number of amides is 1. The second-order valence-corrected chi connectivity index (χ2v) is 3.38. The Morgan fingerprint density at radius 2 is 2.00 bits per heavy atom. The van der Waals surface area contributed by atoms with E-state index in [0.29, 0.717) is 0 Å². The summed E-state index contributed by atoms with van der Waals surface area (Å²) in [6.45, 7) is 0. The summed E-state index contributed by atoms with van der Waals surface area (Å²) in [6.07, 6.45) is 1.07. The molecule has 92 valence electrons. The minimum atomic E-state index is -1.08. The van der Waals surface area contributed by atoms with Gasteiger partial charge in [0, 0.05) is 17.8 Å². The maximum atomic E-state index is 12.9. The van der Waals surface area contributed by atoms with Crippen LogP contribution >= 0.6 is 0 Å². The lowest BCUT2D eigenvalue weighted by Crippen LogP contribution is -2.17. The molecular formula is C11H7F2N3O2. The number of nitrogens with one attached hydrogen (secondary N) is 2. The maximum absolute atomic E-state index is 12.9. The number of carbonyl (C=O) groups excluding carboxylic acids is 1. The van der Waals surface area contributed by atoms with E-state index >= 15 is 0 Å². The van der Waals surface area contributed by atoms with Crippen molar-refractivity contribution in [3.8, 4) is 0 Å². The topological polar surface area (TPSA) is 74.8 Å². The number of aromatic nitrogens is 2. The highest BCUT2D eigenvalue weighted by Crippen LogP contribution is 2.13. The van der Waals surface area contributed by atoms with Gasteiger partial charge in [-0.25, -0.2) is 13.8 Å². The van der Waals surface area contributed by atoms with Gasteiger partial charge in [0.15, 0.2) is 11.6 Å². The summed E-state index contributed by atoms with van der Waals surface area (Å²) in [5, 5.41) is 2.29. The van der Waals surface area contributed by atoms with E-state index in [4.69, 9.17) is 0 Å². The number of nitrogens with zero attached hydrogens (tertiary/aromatic N) is 1. The van der Waals surface area contributed by atoms with Crippen LogP contribution in [-0.2, 0) is 0 Å². The van der Waals surface area contributed by atoms with Gasteiger partial charge in [-0.05, 0) is 12.1 Å². The van der Waals surface area contributed by atoms with Gasteiger partial charge in [0.2, 0.25) is 0 Å². The van der Waals surface area contributed by atoms with Crippen LogP contribution in [0.25, 0.3) is 0 Å². The zero-order chi connectivity index (χ0) is 13.1. The van der Waals surface area contributed by atoms with E-state index in [1.54, 1.807) is 0 Å². The Hall–Kier alpha value is -2.57. The standard InChI is InChI=1S/C11H7F2N3O2/c12-7-2-1-6(3-8(7)13)16-11(18)9-4-10(17)15-5-14-9/h1-5H,(H,16,18)(H,14,15,17).